The molecule has 4 aromatic carbocycles. The van der Waals surface area contributed by atoms with E-state index in [4.69, 9.17) is 0 Å². The summed E-state index contributed by atoms with van der Waals surface area (Å²) in [4.78, 5) is 28.3. The SMILES string of the molecule is C[C@H](c1ccc(-n2cccn2)c(F)c1)n1cc(-c2cc(NC(=O)C3CC(O)CN3C(=O)c3ccc4ccccc4c3)ccc2F)nn1. The van der Waals surface area contributed by atoms with E-state index in [2.05, 4.69) is 20.7 Å². The number of anilines is 1. The minimum Gasteiger partial charge on any atom is -0.391 e. The zero-order valence-corrected chi connectivity index (χ0v) is 25.2. The molecule has 47 heavy (non-hydrogen) atoms. The molecule has 12 heteroatoms. The molecule has 2 unspecified atom stereocenters. The van der Waals surface area contributed by atoms with Crippen molar-refractivity contribution in [1.82, 2.24) is 29.7 Å². The lowest BCUT2D eigenvalue weighted by atomic mass is 10.1. The summed E-state index contributed by atoms with van der Waals surface area (Å²) < 4.78 is 32.9. The second-order valence-corrected chi connectivity index (χ2v) is 11.5. The molecule has 3 heterocycles. The number of carbonyl (C=O) groups excluding carboxylic acids is 2. The first-order chi connectivity index (χ1) is 22.7. The Morgan fingerprint density at radius 3 is 2.57 bits per heavy atom. The van der Waals surface area contributed by atoms with Crippen LogP contribution in [0.3, 0.4) is 0 Å². The van der Waals surface area contributed by atoms with E-state index in [0.717, 1.165) is 10.8 Å². The molecule has 0 spiro atoms. The smallest absolute Gasteiger partial charge is 0.254 e. The second-order valence-electron chi connectivity index (χ2n) is 11.5. The third-order valence-electron chi connectivity index (χ3n) is 8.46. The number of likely N-dealkylation sites (tertiary alicyclic amines) is 1. The lowest BCUT2D eigenvalue weighted by Crippen LogP contribution is -2.43. The third kappa shape index (κ3) is 5.86. The zero-order chi connectivity index (χ0) is 32.7. The lowest BCUT2D eigenvalue weighted by Gasteiger charge is -2.24. The van der Waals surface area contributed by atoms with E-state index in [1.54, 1.807) is 48.9 Å². The maximum absolute atomic E-state index is 15.0. The summed E-state index contributed by atoms with van der Waals surface area (Å²) in [6, 6.07) is 22.1. The summed E-state index contributed by atoms with van der Waals surface area (Å²) in [5.74, 6) is -1.91. The van der Waals surface area contributed by atoms with Gasteiger partial charge in [0.1, 0.15) is 29.1 Å². The molecular weight excluding hydrogens is 604 g/mol. The van der Waals surface area contributed by atoms with Gasteiger partial charge in [0.05, 0.1) is 18.3 Å². The van der Waals surface area contributed by atoms with Crippen LogP contribution in [0.5, 0.6) is 0 Å². The number of hydrogen-bond acceptors (Lipinski definition) is 6. The van der Waals surface area contributed by atoms with Gasteiger partial charge in [0, 0.05) is 42.2 Å². The van der Waals surface area contributed by atoms with E-state index in [1.165, 1.54) is 38.5 Å². The van der Waals surface area contributed by atoms with Crippen LogP contribution in [0.2, 0.25) is 0 Å². The molecule has 0 radical (unpaired) electrons. The highest BCUT2D eigenvalue weighted by atomic mass is 19.1. The average molecular weight is 634 g/mol. The molecule has 3 atom stereocenters. The van der Waals surface area contributed by atoms with E-state index < -0.39 is 35.7 Å². The highest BCUT2D eigenvalue weighted by Crippen LogP contribution is 2.29. The lowest BCUT2D eigenvalue weighted by molar-refractivity contribution is -0.119. The van der Waals surface area contributed by atoms with Gasteiger partial charge in [-0.3, -0.25) is 9.59 Å². The van der Waals surface area contributed by atoms with Gasteiger partial charge in [-0.2, -0.15) is 5.10 Å². The molecule has 1 fully saturated rings. The quantitative estimate of drug-likeness (QED) is 0.244. The largest absolute Gasteiger partial charge is 0.391 e. The fourth-order valence-corrected chi connectivity index (χ4v) is 5.92. The summed E-state index contributed by atoms with van der Waals surface area (Å²) >= 11 is 0. The first-order valence-electron chi connectivity index (χ1n) is 15.0. The van der Waals surface area contributed by atoms with Crippen LogP contribution in [0.1, 0.15) is 35.3 Å². The van der Waals surface area contributed by atoms with Crippen LogP contribution in [0.15, 0.2) is 104 Å². The summed E-state index contributed by atoms with van der Waals surface area (Å²) in [5.41, 5.74) is 1.93. The average Bonchev–Trinajstić information content (AvgIpc) is 3.87. The second kappa shape index (κ2) is 12.2. The number of carbonyl (C=O) groups is 2. The number of amides is 2. The van der Waals surface area contributed by atoms with Crippen molar-refractivity contribution in [1.29, 1.82) is 0 Å². The van der Waals surface area contributed by atoms with Gasteiger partial charge in [0.25, 0.3) is 5.91 Å². The highest BCUT2D eigenvalue weighted by Gasteiger charge is 2.39. The van der Waals surface area contributed by atoms with Crippen molar-refractivity contribution < 1.29 is 23.5 Å². The van der Waals surface area contributed by atoms with E-state index in [1.807, 2.05) is 37.3 Å². The molecule has 6 aromatic rings. The van der Waals surface area contributed by atoms with Crippen molar-refractivity contribution in [3.05, 3.63) is 126 Å². The molecule has 10 nitrogen and oxygen atoms in total. The number of benzene rings is 4. The predicted molar refractivity (Wildman–Crippen MR) is 171 cm³/mol. The molecule has 7 rings (SSSR count). The van der Waals surface area contributed by atoms with Crippen LogP contribution >= 0.6 is 0 Å². The topological polar surface area (TPSA) is 118 Å². The number of nitrogens with one attached hydrogen (secondary N) is 1. The first-order valence-corrected chi connectivity index (χ1v) is 15.0. The Labute approximate surface area is 267 Å². The van der Waals surface area contributed by atoms with Gasteiger partial charge in [-0.05, 0) is 71.8 Å². The summed E-state index contributed by atoms with van der Waals surface area (Å²) in [7, 11) is 0. The van der Waals surface area contributed by atoms with Crippen molar-refractivity contribution in [3.8, 4) is 16.9 Å². The first kappa shape index (κ1) is 29.9. The Hall–Kier alpha value is -5.75. The van der Waals surface area contributed by atoms with Crippen LogP contribution in [0.4, 0.5) is 14.5 Å². The number of halogens is 2. The maximum atomic E-state index is 15.0. The molecule has 2 N–H and O–H groups in total. The van der Waals surface area contributed by atoms with Crippen LogP contribution in [-0.2, 0) is 4.79 Å². The van der Waals surface area contributed by atoms with Gasteiger partial charge in [0.2, 0.25) is 5.91 Å². The van der Waals surface area contributed by atoms with Crippen molar-refractivity contribution in [3.63, 3.8) is 0 Å². The van der Waals surface area contributed by atoms with Crippen molar-refractivity contribution in [2.45, 2.75) is 31.5 Å². The zero-order valence-electron chi connectivity index (χ0n) is 25.2. The summed E-state index contributed by atoms with van der Waals surface area (Å²) in [5, 5.41) is 27.4. The number of rotatable bonds is 7. The fourth-order valence-electron chi connectivity index (χ4n) is 5.92. The molecule has 236 valence electrons. The van der Waals surface area contributed by atoms with E-state index in [9.17, 15) is 19.1 Å². The summed E-state index contributed by atoms with van der Waals surface area (Å²) in [6.45, 7) is 1.82. The number of aromatic nitrogens is 5. The normalized spacial score (nSPS) is 16.8. The molecule has 0 saturated carbocycles. The van der Waals surface area contributed by atoms with E-state index in [-0.39, 0.29) is 35.8 Å². The van der Waals surface area contributed by atoms with E-state index in [0.29, 0.717) is 16.8 Å². The Bertz CT molecular complexity index is 2110. The van der Waals surface area contributed by atoms with Crippen LogP contribution in [0, 0.1) is 11.6 Å². The van der Waals surface area contributed by atoms with Gasteiger partial charge >= 0.3 is 0 Å². The third-order valence-corrected chi connectivity index (χ3v) is 8.46. The number of hydrogen-bond donors (Lipinski definition) is 2. The number of fused-ring (bicyclic) bond motifs is 1. The van der Waals surface area contributed by atoms with E-state index >= 15 is 4.39 Å². The number of aliphatic hydroxyl groups excluding tert-OH is 1. The number of β-amino-alcohol motifs (C(OH)–C–C–N with tert-alkyl or cyclic N) is 1. The maximum Gasteiger partial charge on any atom is 0.254 e. The molecule has 1 aliphatic heterocycles. The van der Waals surface area contributed by atoms with Crippen LogP contribution in [-0.4, -0.2) is 65.3 Å². The molecule has 0 bridgehead atoms. The molecule has 2 amide bonds. The Balaban J connectivity index is 1.08. The monoisotopic (exact) mass is 633 g/mol. The molecule has 1 aliphatic rings. The predicted octanol–water partition coefficient (Wildman–Crippen LogP) is 5.39. The standard InChI is InChI=1S/C35H29F2N7O3/c1-21(23-9-12-32(30(37)16-23)43-14-4-13-38-43)44-20-31(40-41-44)28-17-26(10-11-29(28)36)39-34(46)33-18-27(45)19-42(33)35(47)25-8-7-22-5-2-3-6-24(22)15-25/h2-17,20-21,27,33,45H,18-19H2,1H3,(H,39,46)/t21-,27?,33?/m1/s1. The highest BCUT2D eigenvalue weighted by molar-refractivity contribution is 6.03. The summed E-state index contributed by atoms with van der Waals surface area (Å²) in [6.07, 6.45) is 3.95. The van der Waals surface area contributed by atoms with Gasteiger partial charge in [-0.1, -0.05) is 41.6 Å². The molecular formula is C35H29F2N7O3. The van der Waals surface area contributed by atoms with Crippen LogP contribution < -0.4 is 5.32 Å². The number of nitrogens with zero attached hydrogens (tertiary/aromatic N) is 6. The fraction of sp³-hybridized carbons (Fsp3) is 0.171. The minimum atomic E-state index is -0.931. The number of aliphatic hydroxyl groups is 1. The Morgan fingerprint density at radius 2 is 1.79 bits per heavy atom. The van der Waals surface area contributed by atoms with Crippen molar-refractivity contribution in [2.75, 3.05) is 11.9 Å². The van der Waals surface area contributed by atoms with Crippen LogP contribution in [0.25, 0.3) is 27.7 Å². The van der Waals surface area contributed by atoms with Gasteiger partial charge in [0.15, 0.2) is 0 Å². The molecule has 1 saturated heterocycles. The van der Waals surface area contributed by atoms with Crippen molar-refractivity contribution >= 4 is 28.3 Å². The Kier molecular flexibility index (Phi) is 7.78. The van der Waals surface area contributed by atoms with Crippen molar-refractivity contribution in [2.24, 2.45) is 0 Å². The van der Waals surface area contributed by atoms with Gasteiger partial charge < -0.3 is 15.3 Å². The Morgan fingerprint density at radius 1 is 0.957 bits per heavy atom. The van der Waals surface area contributed by atoms with Gasteiger partial charge in [-0.25, -0.2) is 18.1 Å². The molecule has 0 aliphatic carbocycles. The van der Waals surface area contributed by atoms with Gasteiger partial charge in [-0.15, -0.1) is 5.10 Å². The minimum absolute atomic E-state index is 0.00950. The molecule has 2 aromatic heterocycles.